The first-order chi connectivity index (χ1) is 9.29. The van der Waals surface area contributed by atoms with Crippen LogP contribution in [0.1, 0.15) is 35.8 Å². The summed E-state index contributed by atoms with van der Waals surface area (Å²) in [7, 11) is 1.68. The quantitative estimate of drug-likeness (QED) is 0.893. The smallest absolute Gasteiger partial charge is 0.268 e. The molecule has 2 heterocycles. The van der Waals surface area contributed by atoms with Gasteiger partial charge in [0, 0.05) is 26.0 Å². The minimum absolute atomic E-state index is 0.0329. The molecule has 104 valence electrons. The summed E-state index contributed by atoms with van der Waals surface area (Å²) in [5.41, 5.74) is 0.739. The van der Waals surface area contributed by atoms with Gasteiger partial charge in [0.1, 0.15) is 5.69 Å². The molecule has 1 N–H and O–H groups in total. The minimum Gasteiger partial charge on any atom is -0.379 e. The highest BCUT2D eigenvalue weighted by Crippen LogP contribution is 2.36. The first kappa shape index (κ1) is 12.7. The summed E-state index contributed by atoms with van der Waals surface area (Å²) in [4.78, 5) is 12.3. The first-order valence-corrected chi connectivity index (χ1v) is 6.88. The lowest BCUT2D eigenvalue weighted by molar-refractivity contribution is -0.0350. The maximum absolute atomic E-state index is 12.3. The Balaban J connectivity index is 1.68. The molecule has 19 heavy (non-hydrogen) atoms. The number of hydrogen-bond donors (Lipinski definition) is 1. The van der Waals surface area contributed by atoms with E-state index in [4.69, 9.17) is 9.47 Å². The largest absolute Gasteiger partial charge is 0.379 e. The lowest BCUT2D eigenvalue weighted by Crippen LogP contribution is -2.50. The number of aromatic nitrogens is 1. The van der Waals surface area contributed by atoms with E-state index in [0.717, 1.165) is 12.1 Å². The minimum atomic E-state index is -0.0613. The lowest BCUT2D eigenvalue weighted by Gasteiger charge is -2.31. The van der Waals surface area contributed by atoms with Crippen molar-refractivity contribution in [3.63, 3.8) is 0 Å². The van der Waals surface area contributed by atoms with Crippen LogP contribution < -0.4 is 5.32 Å². The average Bonchev–Trinajstić information content (AvgIpc) is 3.16. The van der Waals surface area contributed by atoms with E-state index in [1.54, 1.807) is 7.11 Å². The van der Waals surface area contributed by atoms with Crippen molar-refractivity contribution in [2.75, 3.05) is 20.3 Å². The van der Waals surface area contributed by atoms with Gasteiger partial charge >= 0.3 is 0 Å². The van der Waals surface area contributed by atoms with Crippen LogP contribution in [0.5, 0.6) is 0 Å². The van der Waals surface area contributed by atoms with Gasteiger partial charge in [-0.3, -0.25) is 4.79 Å². The van der Waals surface area contributed by atoms with Crippen LogP contribution in [0.2, 0.25) is 0 Å². The molecular formula is C14H20N2O3. The molecule has 5 nitrogen and oxygen atoms in total. The molecule has 0 bridgehead atoms. The fourth-order valence-electron chi connectivity index (χ4n) is 2.63. The van der Waals surface area contributed by atoms with Crippen molar-refractivity contribution in [3.05, 3.63) is 24.0 Å². The number of rotatable bonds is 4. The van der Waals surface area contributed by atoms with Gasteiger partial charge in [-0.05, 0) is 31.4 Å². The van der Waals surface area contributed by atoms with E-state index < -0.39 is 0 Å². The highest BCUT2D eigenvalue weighted by Gasteiger charge is 2.30. The fraction of sp³-hybridized carbons (Fsp3) is 0.643. The number of hydrogen-bond acceptors (Lipinski definition) is 3. The number of methoxy groups -OCH3 is 1. The highest BCUT2D eigenvalue weighted by atomic mass is 16.5. The second kappa shape index (κ2) is 5.35. The number of carbonyl (C=O) groups is 1. The standard InChI is InChI=1S/C14H20N2O3/c1-18-13-6-8-19-9-11(13)15-14(17)12-3-2-7-16(12)10-4-5-10/h2-3,7,10-11,13H,4-6,8-9H2,1H3,(H,15,17)/t11-,13-/m1/s1. The molecule has 1 saturated carbocycles. The third-order valence-electron chi connectivity index (χ3n) is 3.86. The maximum atomic E-state index is 12.3. The van der Waals surface area contributed by atoms with Gasteiger partial charge in [-0.1, -0.05) is 0 Å². The Kier molecular flexibility index (Phi) is 3.57. The summed E-state index contributed by atoms with van der Waals surface area (Å²) in [5.74, 6) is -0.0329. The second-order valence-corrected chi connectivity index (χ2v) is 5.25. The van der Waals surface area contributed by atoms with Crippen LogP contribution in [-0.2, 0) is 9.47 Å². The third kappa shape index (κ3) is 2.67. The molecule has 0 radical (unpaired) electrons. The molecule has 1 aromatic rings. The molecule has 1 saturated heterocycles. The van der Waals surface area contributed by atoms with Crippen LogP contribution in [0.25, 0.3) is 0 Å². The Hall–Kier alpha value is -1.33. The predicted molar refractivity (Wildman–Crippen MR) is 70.2 cm³/mol. The Labute approximate surface area is 112 Å². The number of carbonyl (C=O) groups excluding carboxylic acids is 1. The molecule has 2 fully saturated rings. The summed E-state index contributed by atoms with van der Waals surface area (Å²) in [6.45, 7) is 1.22. The van der Waals surface area contributed by atoms with Crippen LogP contribution in [0.15, 0.2) is 18.3 Å². The van der Waals surface area contributed by atoms with Crippen molar-refractivity contribution < 1.29 is 14.3 Å². The number of nitrogens with one attached hydrogen (secondary N) is 1. The predicted octanol–water partition coefficient (Wildman–Crippen LogP) is 1.36. The number of amides is 1. The van der Waals surface area contributed by atoms with E-state index in [2.05, 4.69) is 9.88 Å². The van der Waals surface area contributed by atoms with Crippen LogP contribution in [0.3, 0.4) is 0 Å². The van der Waals surface area contributed by atoms with Crippen molar-refractivity contribution in [2.45, 2.75) is 37.5 Å². The van der Waals surface area contributed by atoms with Crippen molar-refractivity contribution >= 4 is 5.91 Å². The Bertz CT molecular complexity index is 453. The van der Waals surface area contributed by atoms with Crippen LogP contribution in [0, 0.1) is 0 Å². The van der Waals surface area contributed by atoms with Gasteiger partial charge in [-0.25, -0.2) is 0 Å². The molecule has 1 amide bonds. The number of ether oxygens (including phenoxy) is 2. The van der Waals surface area contributed by atoms with Gasteiger partial charge < -0.3 is 19.4 Å². The van der Waals surface area contributed by atoms with Gasteiger partial charge in [-0.15, -0.1) is 0 Å². The molecule has 1 aromatic heterocycles. The molecule has 0 aromatic carbocycles. The topological polar surface area (TPSA) is 52.5 Å². The molecule has 0 spiro atoms. The Morgan fingerprint density at radius 2 is 2.32 bits per heavy atom. The second-order valence-electron chi connectivity index (χ2n) is 5.25. The van der Waals surface area contributed by atoms with Gasteiger partial charge in [0.2, 0.25) is 0 Å². The van der Waals surface area contributed by atoms with Crippen molar-refractivity contribution in [2.24, 2.45) is 0 Å². The highest BCUT2D eigenvalue weighted by molar-refractivity contribution is 5.93. The maximum Gasteiger partial charge on any atom is 0.268 e. The lowest BCUT2D eigenvalue weighted by atomic mass is 10.1. The van der Waals surface area contributed by atoms with Crippen molar-refractivity contribution in [1.82, 2.24) is 9.88 Å². The summed E-state index contributed by atoms with van der Waals surface area (Å²) >= 11 is 0. The van der Waals surface area contributed by atoms with E-state index in [-0.39, 0.29) is 18.1 Å². The zero-order chi connectivity index (χ0) is 13.2. The van der Waals surface area contributed by atoms with E-state index in [0.29, 0.717) is 19.3 Å². The van der Waals surface area contributed by atoms with Crippen LogP contribution >= 0.6 is 0 Å². The van der Waals surface area contributed by atoms with E-state index >= 15 is 0 Å². The fourth-order valence-corrected chi connectivity index (χ4v) is 2.63. The molecular weight excluding hydrogens is 244 g/mol. The molecule has 2 atom stereocenters. The van der Waals surface area contributed by atoms with E-state index in [1.165, 1.54) is 12.8 Å². The summed E-state index contributed by atoms with van der Waals surface area (Å²) < 4.78 is 12.9. The molecule has 0 unspecified atom stereocenters. The van der Waals surface area contributed by atoms with Gasteiger partial charge in [0.15, 0.2) is 0 Å². The molecule has 3 rings (SSSR count). The van der Waals surface area contributed by atoms with E-state index in [1.807, 2.05) is 18.3 Å². The molecule has 2 aliphatic rings. The summed E-state index contributed by atoms with van der Waals surface area (Å²) in [6.07, 6.45) is 5.19. The van der Waals surface area contributed by atoms with Crippen molar-refractivity contribution in [1.29, 1.82) is 0 Å². The molecule has 1 aliphatic heterocycles. The molecule has 5 heteroatoms. The van der Waals surface area contributed by atoms with Crippen LogP contribution in [-0.4, -0.2) is 42.9 Å². The van der Waals surface area contributed by atoms with Gasteiger partial charge in [-0.2, -0.15) is 0 Å². The monoisotopic (exact) mass is 264 g/mol. The normalized spacial score (nSPS) is 27.2. The number of nitrogens with zero attached hydrogens (tertiary/aromatic N) is 1. The SMILES string of the molecule is CO[C@@H]1CCOC[C@H]1NC(=O)c1cccn1C1CC1. The third-order valence-corrected chi connectivity index (χ3v) is 3.86. The van der Waals surface area contributed by atoms with Gasteiger partial charge in [0.05, 0.1) is 18.8 Å². The van der Waals surface area contributed by atoms with Gasteiger partial charge in [0.25, 0.3) is 5.91 Å². The Morgan fingerprint density at radius 3 is 3.05 bits per heavy atom. The summed E-state index contributed by atoms with van der Waals surface area (Å²) in [6, 6.07) is 4.25. The molecule has 1 aliphatic carbocycles. The van der Waals surface area contributed by atoms with Crippen LogP contribution in [0.4, 0.5) is 0 Å². The zero-order valence-corrected chi connectivity index (χ0v) is 11.2. The zero-order valence-electron chi connectivity index (χ0n) is 11.2. The first-order valence-electron chi connectivity index (χ1n) is 6.88. The van der Waals surface area contributed by atoms with E-state index in [9.17, 15) is 4.79 Å². The van der Waals surface area contributed by atoms with Crippen molar-refractivity contribution in [3.8, 4) is 0 Å². The Morgan fingerprint density at radius 1 is 1.47 bits per heavy atom. The average molecular weight is 264 g/mol. The summed E-state index contributed by atoms with van der Waals surface area (Å²) in [5, 5.41) is 3.04.